The molecule has 1 saturated carbocycles. The minimum Gasteiger partial charge on any atom is -0.325 e. The molecule has 1 aliphatic rings. The number of hydrogen-bond acceptors (Lipinski definition) is 3. The van der Waals surface area contributed by atoms with Crippen LogP contribution in [0.1, 0.15) is 19.3 Å². The third kappa shape index (κ3) is 1.68. The van der Waals surface area contributed by atoms with Gasteiger partial charge in [-0.3, -0.25) is 9.78 Å². The van der Waals surface area contributed by atoms with Gasteiger partial charge >= 0.3 is 0 Å². The zero-order valence-corrected chi connectivity index (χ0v) is 8.23. The molecule has 15 heavy (non-hydrogen) atoms. The fourth-order valence-electron chi connectivity index (χ4n) is 1.61. The molecule has 76 valence electrons. The van der Waals surface area contributed by atoms with E-state index in [0.717, 1.165) is 6.42 Å². The van der Waals surface area contributed by atoms with Gasteiger partial charge in [-0.2, -0.15) is 5.26 Å². The molecule has 0 aliphatic heterocycles. The van der Waals surface area contributed by atoms with Crippen LogP contribution in [0.15, 0.2) is 24.5 Å². The van der Waals surface area contributed by atoms with E-state index in [4.69, 9.17) is 5.26 Å². The van der Waals surface area contributed by atoms with Crippen LogP contribution in [-0.2, 0) is 4.79 Å². The van der Waals surface area contributed by atoms with Crippen molar-refractivity contribution in [3.05, 3.63) is 24.5 Å². The fraction of sp³-hybridized carbons (Fsp3) is 0.364. The summed E-state index contributed by atoms with van der Waals surface area (Å²) in [7, 11) is 0. The Hall–Kier alpha value is -1.89. The van der Waals surface area contributed by atoms with Gasteiger partial charge in [0.2, 0.25) is 5.91 Å². The van der Waals surface area contributed by atoms with Gasteiger partial charge < -0.3 is 5.32 Å². The molecule has 0 atom stereocenters. The number of carbonyl (C=O) groups is 1. The number of amides is 1. The number of anilines is 1. The van der Waals surface area contributed by atoms with E-state index in [1.54, 1.807) is 24.5 Å². The summed E-state index contributed by atoms with van der Waals surface area (Å²) in [5.74, 6) is -0.192. The number of nitrogens with one attached hydrogen (secondary N) is 1. The Labute approximate surface area is 87.9 Å². The van der Waals surface area contributed by atoms with Crippen LogP contribution in [0.25, 0.3) is 0 Å². The van der Waals surface area contributed by atoms with Crippen molar-refractivity contribution >= 4 is 11.6 Å². The SMILES string of the molecule is N#CC1(C(=O)Nc2ccncc2)CCC1. The number of rotatable bonds is 2. The first-order chi connectivity index (χ1) is 7.27. The Morgan fingerprint density at radius 2 is 2.13 bits per heavy atom. The van der Waals surface area contributed by atoms with Crippen molar-refractivity contribution in [3.8, 4) is 6.07 Å². The molecular formula is C11H11N3O. The van der Waals surface area contributed by atoms with Crippen LogP contribution in [0.5, 0.6) is 0 Å². The van der Waals surface area contributed by atoms with E-state index in [1.807, 2.05) is 0 Å². The van der Waals surface area contributed by atoms with Gasteiger partial charge in [0, 0.05) is 18.1 Å². The molecule has 1 fully saturated rings. The molecule has 2 rings (SSSR count). The van der Waals surface area contributed by atoms with Crippen molar-refractivity contribution in [1.29, 1.82) is 5.26 Å². The number of aromatic nitrogens is 1. The lowest BCUT2D eigenvalue weighted by atomic mass is 9.69. The minimum absolute atomic E-state index is 0.192. The Balaban J connectivity index is 2.08. The van der Waals surface area contributed by atoms with Crippen molar-refractivity contribution in [1.82, 2.24) is 4.98 Å². The summed E-state index contributed by atoms with van der Waals surface area (Å²) < 4.78 is 0. The summed E-state index contributed by atoms with van der Waals surface area (Å²) in [5.41, 5.74) is -0.0972. The Morgan fingerprint density at radius 1 is 1.47 bits per heavy atom. The van der Waals surface area contributed by atoms with E-state index in [-0.39, 0.29) is 5.91 Å². The summed E-state index contributed by atoms with van der Waals surface area (Å²) in [5, 5.41) is 11.7. The highest BCUT2D eigenvalue weighted by Crippen LogP contribution is 2.41. The zero-order chi connectivity index (χ0) is 10.7. The molecule has 1 aliphatic carbocycles. The van der Waals surface area contributed by atoms with Crippen LogP contribution in [0.2, 0.25) is 0 Å². The third-order valence-electron chi connectivity index (χ3n) is 2.79. The smallest absolute Gasteiger partial charge is 0.244 e. The van der Waals surface area contributed by atoms with E-state index in [1.165, 1.54) is 0 Å². The number of hydrogen-bond donors (Lipinski definition) is 1. The van der Waals surface area contributed by atoms with E-state index >= 15 is 0 Å². The molecule has 1 aromatic heterocycles. The molecule has 0 saturated heterocycles. The van der Waals surface area contributed by atoms with E-state index in [2.05, 4.69) is 16.4 Å². The molecule has 4 heteroatoms. The third-order valence-corrected chi connectivity index (χ3v) is 2.79. The molecule has 1 N–H and O–H groups in total. The molecule has 0 unspecified atom stereocenters. The van der Waals surface area contributed by atoms with E-state index < -0.39 is 5.41 Å². The molecular weight excluding hydrogens is 190 g/mol. The molecule has 0 radical (unpaired) electrons. The normalized spacial score (nSPS) is 17.3. The van der Waals surface area contributed by atoms with Crippen molar-refractivity contribution in [2.45, 2.75) is 19.3 Å². The van der Waals surface area contributed by atoms with Gasteiger partial charge in [-0.15, -0.1) is 0 Å². The summed E-state index contributed by atoms with van der Waals surface area (Å²) in [6.07, 6.45) is 5.50. The van der Waals surface area contributed by atoms with Crippen LogP contribution in [0.3, 0.4) is 0 Å². The lowest BCUT2D eigenvalue weighted by Gasteiger charge is -2.33. The van der Waals surface area contributed by atoms with E-state index in [9.17, 15) is 4.79 Å². The second-order valence-corrected chi connectivity index (χ2v) is 3.74. The van der Waals surface area contributed by atoms with Crippen LogP contribution in [0, 0.1) is 16.7 Å². The second-order valence-electron chi connectivity index (χ2n) is 3.74. The van der Waals surface area contributed by atoms with Crippen LogP contribution in [-0.4, -0.2) is 10.9 Å². The van der Waals surface area contributed by atoms with Gasteiger partial charge in [0.15, 0.2) is 0 Å². The maximum absolute atomic E-state index is 11.8. The van der Waals surface area contributed by atoms with Gasteiger partial charge in [-0.05, 0) is 31.4 Å². The first-order valence-electron chi connectivity index (χ1n) is 4.90. The molecule has 0 aromatic carbocycles. The molecule has 1 aromatic rings. The monoisotopic (exact) mass is 201 g/mol. The maximum atomic E-state index is 11.8. The standard InChI is InChI=1S/C11H11N3O/c12-8-11(4-1-5-11)10(15)14-9-2-6-13-7-3-9/h2-3,6-7H,1,4-5H2,(H,13,14,15). The Kier molecular flexibility index (Phi) is 2.38. The quantitative estimate of drug-likeness (QED) is 0.792. The molecule has 1 heterocycles. The fourth-order valence-corrected chi connectivity index (χ4v) is 1.61. The Bertz CT molecular complexity index is 404. The van der Waals surface area contributed by atoms with Crippen molar-refractivity contribution in [2.24, 2.45) is 5.41 Å². The highest BCUT2D eigenvalue weighted by molar-refractivity contribution is 5.97. The van der Waals surface area contributed by atoms with Crippen molar-refractivity contribution in [3.63, 3.8) is 0 Å². The average Bonchev–Trinajstić information content (AvgIpc) is 2.18. The molecule has 4 nitrogen and oxygen atoms in total. The van der Waals surface area contributed by atoms with Gasteiger partial charge in [0.25, 0.3) is 0 Å². The number of nitriles is 1. The average molecular weight is 201 g/mol. The first kappa shape index (κ1) is 9.66. The van der Waals surface area contributed by atoms with Crippen LogP contribution < -0.4 is 5.32 Å². The first-order valence-corrected chi connectivity index (χ1v) is 4.90. The summed E-state index contributed by atoms with van der Waals surface area (Å²) >= 11 is 0. The molecule has 0 spiro atoms. The number of pyridine rings is 1. The highest BCUT2D eigenvalue weighted by Gasteiger charge is 2.44. The van der Waals surface area contributed by atoms with Crippen LogP contribution in [0.4, 0.5) is 5.69 Å². The lowest BCUT2D eigenvalue weighted by Crippen LogP contribution is -2.40. The number of carbonyl (C=O) groups excluding carboxylic acids is 1. The summed E-state index contributed by atoms with van der Waals surface area (Å²) in [4.78, 5) is 15.6. The molecule has 0 bridgehead atoms. The highest BCUT2D eigenvalue weighted by atomic mass is 16.2. The van der Waals surface area contributed by atoms with Crippen molar-refractivity contribution < 1.29 is 4.79 Å². The lowest BCUT2D eigenvalue weighted by molar-refractivity contribution is -0.126. The maximum Gasteiger partial charge on any atom is 0.244 e. The van der Waals surface area contributed by atoms with Gasteiger partial charge in [-0.1, -0.05) is 0 Å². The van der Waals surface area contributed by atoms with E-state index in [0.29, 0.717) is 18.5 Å². The molecule has 1 amide bonds. The predicted molar refractivity (Wildman–Crippen MR) is 54.8 cm³/mol. The largest absolute Gasteiger partial charge is 0.325 e. The second kappa shape index (κ2) is 3.70. The summed E-state index contributed by atoms with van der Waals surface area (Å²) in [6, 6.07) is 5.53. The Morgan fingerprint density at radius 3 is 2.60 bits per heavy atom. The van der Waals surface area contributed by atoms with Crippen molar-refractivity contribution in [2.75, 3.05) is 5.32 Å². The number of nitrogens with zero attached hydrogens (tertiary/aromatic N) is 2. The zero-order valence-electron chi connectivity index (χ0n) is 8.23. The van der Waals surface area contributed by atoms with Gasteiger partial charge in [0.05, 0.1) is 6.07 Å². The topological polar surface area (TPSA) is 65.8 Å². The van der Waals surface area contributed by atoms with Gasteiger partial charge in [-0.25, -0.2) is 0 Å². The van der Waals surface area contributed by atoms with Gasteiger partial charge in [0.1, 0.15) is 5.41 Å². The minimum atomic E-state index is -0.788. The van der Waals surface area contributed by atoms with Crippen LogP contribution >= 0.6 is 0 Å². The summed E-state index contributed by atoms with van der Waals surface area (Å²) in [6.45, 7) is 0. The predicted octanol–water partition coefficient (Wildman–Crippen LogP) is 1.71.